The molecule has 3 unspecified atom stereocenters. The Balaban J connectivity index is 2.66. The summed E-state index contributed by atoms with van der Waals surface area (Å²) < 4.78 is 33.2. The van der Waals surface area contributed by atoms with Crippen molar-refractivity contribution in [3.05, 3.63) is 72.9 Å². The van der Waals surface area contributed by atoms with E-state index in [1.807, 2.05) is 19.1 Å². The molecule has 1 aliphatic rings. The number of hydrogen-bond acceptors (Lipinski definition) is 15. The summed E-state index contributed by atoms with van der Waals surface area (Å²) in [4.78, 5) is 35.7. The number of rotatable bonds is 34. The van der Waals surface area contributed by atoms with Crippen LogP contribution in [0.3, 0.4) is 0 Å². The van der Waals surface area contributed by atoms with Gasteiger partial charge in [-0.25, -0.2) is 4.57 Å². The van der Waals surface area contributed by atoms with Crippen LogP contribution in [0, 0.1) is 0 Å². The summed E-state index contributed by atoms with van der Waals surface area (Å²) in [6.07, 6.45) is 17.4. The summed E-state index contributed by atoms with van der Waals surface area (Å²) in [6, 6.07) is 0. The molecule has 0 saturated heterocycles. The van der Waals surface area contributed by atoms with Crippen LogP contribution in [-0.4, -0.2) is 132 Å². The van der Waals surface area contributed by atoms with Crippen molar-refractivity contribution in [1.82, 2.24) is 0 Å². The quantitative estimate of drug-likeness (QED) is 0.0137. The molecule has 356 valence electrons. The lowest BCUT2D eigenvalue weighted by atomic mass is 9.85. The van der Waals surface area contributed by atoms with Gasteiger partial charge in [0.2, 0.25) is 0 Å². The van der Waals surface area contributed by atoms with Gasteiger partial charge in [-0.15, -0.1) is 0 Å². The predicted molar refractivity (Wildman–Crippen MR) is 234 cm³/mol. The average molecular weight is 903 g/mol. The average Bonchev–Trinajstić information content (AvgIpc) is 3.24. The number of hydrogen-bond donors (Lipinski definition) is 9. The van der Waals surface area contributed by atoms with E-state index in [1.54, 1.807) is 36.5 Å². The Morgan fingerprint density at radius 1 is 0.629 bits per heavy atom. The Hall–Kier alpha value is -2.83. The van der Waals surface area contributed by atoms with Gasteiger partial charge in [0.05, 0.1) is 24.9 Å². The summed E-state index contributed by atoms with van der Waals surface area (Å²) in [5.41, 5.74) is 0. The van der Waals surface area contributed by atoms with E-state index in [4.69, 9.17) is 18.5 Å². The highest BCUT2D eigenvalue weighted by Gasteiger charge is 2.51. The Morgan fingerprint density at radius 3 is 1.81 bits per heavy atom. The number of phosphoric acid groups is 1. The molecule has 9 N–H and O–H groups in total. The number of phosphoric ester groups is 1. The van der Waals surface area contributed by atoms with E-state index >= 15 is 0 Å². The molecule has 0 heterocycles. The molecule has 1 fully saturated rings. The van der Waals surface area contributed by atoms with Gasteiger partial charge in [0.15, 0.2) is 6.10 Å². The molecule has 11 atom stereocenters. The number of aliphatic hydroxyl groups excluding tert-OH is 8. The van der Waals surface area contributed by atoms with Crippen molar-refractivity contribution in [3.63, 3.8) is 0 Å². The molecule has 1 saturated carbocycles. The summed E-state index contributed by atoms with van der Waals surface area (Å²) >= 11 is 0. The van der Waals surface area contributed by atoms with Crippen LogP contribution in [0.2, 0.25) is 0 Å². The molecule has 1 rings (SSSR count). The van der Waals surface area contributed by atoms with E-state index in [0.717, 1.165) is 44.9 Å². The highest BCUT2D eigenvalue weighted by Crippen LogP contribution is 2.47. The maximum atomic E-state index is 12.8. The van der Waals surface area contributed by atoms with E-state index in [1.165, 1.54) is 37.8 Å². The van der Waals surface area contributed by atoms with Gasteiger partial charge >= 0.3 is 19.8 Å². The zero-order chi connectivity index (χ0) is 46.2. The fourth-order valence-electron chi connectivity index (χ4n) is 6.15. The van der Waals surface area contributed by atoms with Crippen LogP contribution in [0.4, 0.5) is 0 Å². The Bertz CT molecular complexity index is 1410. The maximum absolute atomic E-state index is 12.8. The maximum Gasteiger partial charge on any atom is 0.472 e. The molecule has 0 bridgehead atoms. The van der Waals surface area contributed by atoms with E-state index in [-0.39, 0.29) is 25.7 Å². The summed E-state index contributed by atoms with van der Waals surface area (Å²) in [5.74, 6) is -1.45. The van der Waals surface area contributed by atoms with Crippen molar-refractivity contribution in [2.24, 2.45) is 0 Å². The van der Waals surface area contributed by atoms with E-state index < -0.39 is 94.0 Å². The zero-order valence-corrected chi connectivity index (χ0v) is 37.4. The largest absolute Gasteiger partial charge is 0.472 e. The molecule has 16 nitrogen and oxygen atoms in total. The number of esters is 2. The minimum Gasteiger partial charge on any atom is -0.462 e. The lowest BCUT2D eigenvalue weighted by molar-refractivity contribution is -0.220. The van der Waals surface area contributed by atoms with Gasteiger partial charge in [0.1, 0.15) is 43.2 Å². The number of unbranched alkanes of at least 4 members (excludes halogenated alkanes) is 9. The molecular weight excluding hydrogens is 827 g/mol. The van der Waals surface area contributed by atoms with Gasteiger partial charge in [-0.1, -0.05) is 125 Å². The molecule has 0 aromatic heterocycles. The van der Waals surface area contributed by atoms with Crippen LogP contribution in [0.25, 0.3) is 0 Å². The number of ether oxygens (including phenoxy) is 2. The predicted octanol–water partition coefficient (Wildman–Crippen LogP) is 4.85. The van der Waals surface area contributed by atoms with E-state index in [0.29, 0.717) is 12.8 Å². The van der Waals surface area contributed by atoms with Crippen LogP contribution in [-0.2, 0) is 32.7 Å². The van der Waals surface area contributed by atoms with Gasteiger partial charge in [-0.3, -0.25) is 18.6 Å². The summed E-state index contributed by atoms with van der Waals surface area (Å²) in [5, 5.41) is 80.6. The topological polar surface area (TPSA) is 270 Å². The molecule has 0 radical (unpaired) electrons. The van der Waals surface area contributed by atoms with Gasteiger partial charge in [0.25, 0.3) is 0 Å². The first-order valence-electron chi connectivity index (χ1n) is 22.1. The summed E-state index contributed by atoms with van der Waals surface area (Å²) in [6.45, 7) is 2.77. The van der Waals surface area contributed by atoms with Crippen molar-refractivity contribution >= 4 is 19.8 Å². The van der Waals surface area contributed by atoms with Gasteiger partial charge in [-0.2, -0.15) is 0 Å². The van der Waals surface area contributed by atoms with Crippen LogP contribution in [0.15, 0.2) is 72.9 Å². The smallest absolute Gasteiger partial charge is 0.462 e. The second-order valence-corrected chi connectivity index (χ2v) is 16.8. The van der Waals surface area contributed by atoms with Crippen molar-refractivity contribution < 1.29 is 78.4 Å². The lowest BCUT2D eigenvalue weighted by Gasteiger charge is -2.41. The minimum absolute atomic E-state index is 0.00507. The Kier molecular flexibility index (Phi) is 31.9. The van der Waals surface area contributed by atoms with Crippen LogP contribution in [0.5, 0.6) is 0 Å². The summed E-state index contributed by atoms with van der Waals surface area (Å²) in [7, 11) is -5.22. The monoisotopic (exact) mass is 902 g/mol. The molecule has 0 aromatic rings. The fourth-order valence-corrected chi connectivity index (χ4v) is 7.12. The minimum atomic E-state index is -5.22. The first-order chi connectivity index (χ1) is 29.6. The van der Waals surface area contributed by atoms with Gasteiger partial charge in [-0.05, 0) is 57.8 Å². The first-order valence-corrected chi connectivity index (χ1v) is 23.6. The van der Waals surface area contributed by atoms with Crippen LogP contribution < -0.4 is 0 Å². The molecule has 0 aliphatic heterocycles. The van der Waals surface area contributed by atoms with Crippen molar-refractivity contribution in [2.75, 3.05) is 13.2 Å². The van der Waals surface area contributed by atoms with E-state index in [9.17, 15) is 59.9 Å². The van der Waals surface area contributed by atoms with E-state index in [2.05, 4.69) is 19.1 Å². The second kappa shape index (κ2) is 34.6. The Labute approximate surface area is 367 Å². The third-order valence-electron chi connectivity index (χ3n) is 9.87. The molecule has 1 aliphatic carbocycles. The highest BCUT2D eigenvalue weighted by molar-refractivity contribution is 7.47. The first kappa shape index (κ1) is 57.2. The number of carbonyl (C=O) groups is 2. The standard InChI is InChI=1S/C45H75O16P/c1-3-5-7-8-9-10-11-12-13-14-15-20-24-30-38(49)58-32-35(33-59-62(56,57)61-45-43(54)41(52)40(51)42(53)44(45)55)60-39(50)31-25-29-37(48)36(47)28-23-19-17-16-18-22-27-34(46)26-21-6-4-2/h6,10-11,16-19,21-23,27-28,34-37,40-48,51-55H,3-5,7-9,12-15,20,24-26,29-33H2,1-2H3,(H,56,57)/b11-10-,18-16+,19-17-,21-6-,27-22+,28-23-/t34-,35+,36+,37+,40?,41-,42+,43+,44+,45?/m0/s1. The normalized spacial score (nSPS) is 24.1. The van der Waals surface area contributed by atoms with Crippen LogP contribution in [0.1, 0.15) is 123 Å². The number of allylic oxidation sites excluding steroid dienone is 9. The molecule has 0 amide bonds. The number of carbonyl (C=O) groups excluding carboxylic acids is 2. The third-order valence-corrected chi connectivity index (χ3v) is 10.9. The lowest BCUT2D eigenvalue weighted by Crippen LogP contribution is -2.64. The number of aliphatic hydroxyl groups is 8. The zero-order valence-electron chi connectivity index (χ0n) is 36.5. The van der Waals surface area contributed by atoms with Crippen molar-refractivity contribution in [3.8, 4) is 0 Å². The molecular formula is C45H75O16P. The molecule has 0 spiro atoms. The molecule has 17 heteroatoms. The molecule has 0 aromatic carbocycles. The van der Waals surface area contributed by atoms with Crippen molar-refractivity contribution in [1.29, 1.82) is 0 Å². The van der Waals surface area contributed by atoms with Gasteiger partial charge in [0, 0.05) is 12.8 Å². The third kappa shape index (κ3) is 26.7. The highest BCUT2D eigenvalue weighted by atomic mass is 31.2. The second-order valence-electron chi connectivity index (χ2n) is 15.4. The Morgan fingerprint density at radius 2 is 1.18 bits per heavy atom. The van der Waals surface area contributed by atoms with Crippen molar-refractivity contribution in [2.45, 2.75) is 184 Å². The molecule has 62 heavy (non-hydrogen) atoms. The van der Waals surface area contributed by atoms with Gasteiger partial charge < -0.3 is 55.2 Å². The van der Waals surface area contributed by atoms with Crippen LogP contribution >= 0.6 is 7.82 Å². The fraction of sp³-hybridized carbons (Fsp3) is 0.689. The SMILES string of the molecule is CC/C=C\C[C@H](O)/C=C/C=C/C=C\C=C/[C@@H](O)[C@H](O)CCCC(=O)O[C@H](COC(=O)CCCCCCC/C=C\CCCCCC)COP(=O)(O)OC1[C@H](O)[C@H](O)C(O)[C@H](O)[C@H]1O.